The quantitative estimate of drug-likeness (QED) is 0.511. The van der Waals surface area contributed by atoms with E-state index in [9.17, 15) is 13.2 Å². The van der Waals surface area contributed by atoms with E-state index in [0.717, 1.165) is 47.9 Å². The zero-order valence-corrected chi connectivity index (χ0v) is 18.6. The van der Waals surface area contributed by atoms with Crippen molar-refractivity contribution >= 4 is 26.7 Å². The normalized spacial score (nSPS) is 20.1. The molecule has 2 aliphatic rings. The number of hydrogen-bond acceptors (Lipinski definition) is 5. The molecule has 1 unspecified atom stereocenters. The van der Waals surface area contributed by atoms with E-state index in [4.69, 9.17) is 4.74 Å². The van der Waals surface area contributed by atoms with Crippen LogP contribution in [0.15, 0.2) is 71.6 Å². The summed E-state index contributed by atoms with van der Waals surface area (Å²) >= 11 is 0. The molecule has 6 nitrogen and oxygen atoms in total. The van der Waals surface area contributed by atoms with E-state index >= 15 is 0 Å². The molecule has 0 spiro atoms. The van der Waals surface area contributed by atoms with Gasteiger partial charge in [0.25, 0.3) is 15.9 Å². The monoisotopic (exact) mass is 450 g/mol. The molecule has 7 heteroatoms. The van der Waals surface area contributed by atoms with Gasteiger partial charge in [0, 0.05) is 25.0 Å². The van der Waals surface area contributed by atoms with Gasteiger partial charge in [0.05, 0.1) is 5.56 Å². The van der Waals surface area contributed by atoms with E-state index in [0.29, 0.717) is 6.42 Å². The number of nitrogens with zero attached hydrogens (tertiary/aromatic N) is 2. The first kappa shape index (κ1) is 21.0. The molecule has 32 heavy (non-hydrogen) atoms. The van der Waals surface area contributed by atoms with Gasteiger partial charge >= 0.3 is 0 Å². The van der Waals surface area contributed by atoms with Crippen molar-refractivity contribution in [3.05, 3.63) is 72.3 Å². The summed E-state index contributed by atoms with van der Waals surface area (Å²) in [6.07, 6.45) is 2.59. The third kappa shape index (κ3) is 3.87. The molecule has 2 heterocycles. The van der Waals surface area contributed by atoms with Crippen LogP contribution in [-0.4, -0.2) is 55.8 Å². The number of likely N-dealkylation sites (tertiary alicyclic amines) is 1. The number of ether oxygens (including phenoxy) is 1. The summed E-state index contributed by atoms with van der Waals surface area (Å²) in [6, 6.07) is 20.8. The minimum atomic E-state index is -3.71. The van der Waals surface area contributed by atoms with Crippen LogP contribution >= 0.6 is 0 Å². The van der Waals surface area contributed by atoms with Crippen LogP contribution in [0, 0.1) is 0 Å². The molecule has 1 saturated heterocycles. The highest BCUT2D eigenvalue weighted by atomic mass is 32.2. The summed E-state index contributed by atoms with van der Waals surface area (Å²) in [5, 5.41) is 2.30. The largest absolute Gasteiger partial charge is 0.488 e. The molecule has 0 saturated carbocycles. The second-order valence-electron chi connectivity index (χ2n) is 8.39. The van der Waals surface area contributed by atoms with Crippen molar-refractivity contribution in [1.82, 2.24) is 9.21 Å². The molecule has 0 bridgehead atoms. The van der Waals surface area contributed by atoms with Gasteiger partial charge in [-0.3, -0.25) is 9.69 Å². The molecule has 3 aromatic carbocycles. The molecule has 1 fully saturated rings. The van der Waals surface area contributed by atoms with Crippen LogP contribution in [0.2, 0.25) is 0 Å². The second kappa shape index (κ2) is 8.56. The van der Waals surface area contributed by atoms with Crippen molar-refractivity contribution in [2.75, 3.05) is 26.2 Å². The first-order valence-electron chi connectivity index (χ1n) is 11.1. The number of fused-ring (bicyclic) bond motifs is 2. The smallest absolute Gasteiger partial charge is 0.269 e. The predicted octanol–water partition coefficient (Wildman–Crippen LogP) is 3.92. The summed E-state index contributed by atoms with van der Waals surface area (Å²) in [4.78, 5) is 15.0. The topological polar surface area (TPSA) is 66.9 Å². The van der Waals surface area contributed by atoms with E-state index in [1.165, 1.54) is 11.5 Å². The lowest BCUT2D eigenvalue weighted by Gasteiger charge is -2.19. The van der Waals surface area contributed by atoms with Crippen molar-refractivity contribution < 1.29 is 17.9 Å². The highest BCUT2D eigenvalue weighted by Crippen LogP contribution is 2.30. The van der Waals surface area contributed by atoms with E-state index in [-0.39, 0.29) is 23.1 Å². The Morgan fingerprint density at radius 1 is 0.906 bits per heavy atom. The van der Waals surface area contributed by atoms with Crippen molar-refractivity contribution in [3.63, 3.8) is 0 Å². The first-order valence-corrected chi connectivity index (χ1v) is 12.5. The molecule has 2 aliphatic heterocycles. The highest BCUT2D eigenvalue weighted by Gasteiger charge is 2.40. The van der Waals surface area contributed by atoms with Crippen molar-refractivity contribution in [3.8, 4) is 5.75 Å². The van der Waals surface area contributed by atoms with E-state index in [2.05, 4.69) is 23.1 Å². The predicted molar refractivity (Wildman–Crippen MR) is 123 cm³/mol. The molecule has 0 aliphatic carbocycles. The van der Waals surface area contributed by atoms with Gasteiger partial charge in [0.1, 0.15) is 16.7 Å². The number of rotatable bonds is 7. The zero-order valence-electron chi connectivity index (χ0n) is 17.8. The Morgan fingerprint density at radius 2 is 1.66 bits per heavy atom. The molecule has 0 N–H and O–H groups in total. The van der Waals surface area contributed by atoms with Gasteiger partial charge in [0.15, 0.2) is 0 Å². The minimum absolute atomic E-state index is 0.123. The molecular formula is C25H26N2O4S. The fourth-order valence-corrected chi connectivity index (χ4v) is 6.22. The average molecular weight is 451 g/mol. The fraction of sp³-hybridized carbons (Fsp3) is 0.320. The number of sulfonamides is 1. The van der Waals surface area contributed by atoms with Crippen LogP contribution in [0.4, 0.5) is 0 Å². The number of hydrogen-bond donors (Lipinski definition) is 0. The van der Waals surface area contributed by atoms with Crippen molar-refractivity contribution in [1.29, 1.82) is 0 Å². The number of unbranched alkanes of at least 4 members (excludes halogenated alkanes) is 1. The lowest BCUT2D eigenvalue weighted by molar-refractivity contribution is 0.0869. The standard InChI is InChI=1S/C25H26N2O4S/c28-25-22-11-3-4-13-24(22)32(29,30)27(25)16-6-5-15-26-17-14-20(18-26)31-23-12-7-9-19-8-1-2-10-21(19)23/h1-4,7-13,20H,5-6,14-18H2. The van der Waals surface area contributed by atoms with Crippen molar-refractivity contribution in [2.45, 2.75) is 30.3 Å². The van der Waals surface area contributed by atoms with Crippen LogP contribution < -0.4 is 4.74 Å². The average Bonchev–Trinajstić information content (AvgIpc) is 3.33. The van der Waals surface area contributed by atoms with E-state index < -0.39 is 15.9 Å². The van der Waals surface area contributed by atoms with Gasteiger partial charge in [-0.15, -0.1) is 0 Å². The minimum Gasteiger partial charge on any atom is -0.488 e. The summed E-state index contributed by atoms with van der Waals surface area (Å²) < 4.78 is 32.6. The Labute approximate surface area is 188 Å². The van der Waals surface area contributed by atoms with Crippen LogP contribution in [0.1, 0.15) is 29.6 Å². The van der Waals surface area contributed by atoms with Gasteiger partial charge < -0.3 is 4.74 Å². The summed E-state index contributed by atoms with van der Waals surface area (Å²) in [6.45, 7) is 2.90. The molecule has 3 aromatic rings. The zero-order chi connectivity index (χ0) is 22.1. The second-order valence-corrected chi connectivity index (χ2v) is 10.2. The molecule has 0 aromatic heterocycles. The Balaban J connectivity index is 1.12. The third-order valence-corrected chi connectivity index (χ3v) is 8.11. The number of carbonyl (C=O) groups excluding carboxylic acids is 1. The summed E-state index contributed by atoms with van der Waals surface area (Å²) in [7, 11) is -3.71. The summed E-state index contributed by atoms with van der Waals surface area (Å²) in [5.41, 5.74) is 0.278. The molecule has 1 amide bonds. The van der Waals surface area contributed by atoms with Crippen LogP contribution in [0.25, 0.3) is 10.8 Å². The number of carbonyl (C=O) groups is 1. The Hall–Kier alpha value is -2.90. The van der Waals surface area contributed by atoms with Crippen LogP contribution in [0.3, 0.4) is 0 Å². The highest BCUT2D eigenvalue weighted by molar-refractivity contribution is 7.90. The van der Waals surface area contributed by atoms with Gasteiger partial charge in [-0.25, -0.2) is 12.7 Å². The molecule has 166 valence electrons. The van der Waals surface area contributed by atoms with E-state index in [1.807, 2.05) is 24.3 Å². The van der Waals surface area contributed by atoms with Crippen LogP contribution in [0.5, 0.6) is 5.75 Å². The Bertz CT molecular complexity index is 1250. The molecular weight excluding hydrogens is 424 g/mol. The third-order valence-electron chi connectivity index (χ3n) is 6.27. The van der Waals surface area contributed by atoms with Crippen LogP contribution in [-0.2, 0) is 10.0 Å². The number of benzene rings is 3. The van der Waals surface area contributed by atoms with Gasteiger partial charge in [-0.2, -0.15) is 0 Å². The maximum Gasteiger partial charge on any atom is 0.269 e. The SMILES string of the molecule is O=C1c2ccccc2S(=O)(=O)N1CCCCN1CCC(Oc2cccc3ccccc23)C1. The first-order chi connectivity index (χ1) is 15.5. The Kier molecular flexibility index (Phi) is 5.61. The lowest BCUT2D eigenvalue weighted by Crippen LogP contribution is -2.32. The van der Waals surface area contributed by atoms with Gasteiger partial charge in [0.2, 0.25) is 0 Å². The van der Waals surface area contributed by atoms with Gasteiger partial charge in [-0.1, -0.05) is 48.5 Å². The van der Waals surface area contributed by atoms with Crippen molar-refractivity contribution in [2.24, 2.45) is 0 Å². The molecule has 1 atom stereocenters. The summed E-state index contributed by atoms with van der Waals surface area (Å²) in [5.74, 6) is 0.512. The van der Waals surface area contributed by atoms with E-state index in [1.54, 1.807) is 18.2 Å². The number of amides is 1. The van der Waals surface area contributed by atoms with Gasteiger partial charge in [-0.05, 0) is 49.4 Å². The maximum atomic E-state index is 12.6. The maximum absolute atomic E-state index is 12.6. The fourth-order valence-electron chi connectivity index (χ4n) is 4.62. The Morgan fingerprint density at radius 3 is 2.53 bits per heavy atom. The molecule has 5 rings (SSSR count). The lowest BCUT2D eigenvalue weighted by atomic mass is 10.1. The molecule has 0 radical (unpaired) electrons.